The van der Waals surface area contributed by atoms with Gasteiger partial charge in [-0.05, 0) is 41.3 Å². The molecule has 0 aliphatic heterocycles. The highest BCUT2D eigenvalue weighted by Gasteiger charge is 2.25. The van der Waals surface area contributed by atoms with Crippen LogP contribution in [0.2, 0.25) is 0 Å². The number of benzene rings is 2. The van der Waals surface area contributed by atoms with Crippen molar-refractivity contribution in [2.45, 2.75) is 26.2 Å². The molecular weight excluding hydrogens is 440 g/mol. The zero-order valence-electron chi connectivity index (χ0n) is 17.5. The molecule has 2 heterocycles. The highest BCUT2D eigenvalue weighted by atomic mass is 32.1. The van der Waals surface area contributed by atoms with Gasteiger partial charge in [0.15, 0.2) is 10.9 Å². The molecule has 1 amide bonds. The number of thiazole rings is 2. The average Bonchev–Trinajstić information content (AvgIpc) is 3.43. The number of ketones is 1. The summed E-state index contributed by atoms with van der Waals surface area (Å²) in [5.74, 6) is -0.542. The molecule has 4 rings (SSSR count). The summed E-state index contributed by atoms with van der Waals surface area (Å²) in [6.07, 6.45) is 0.268. The minimum absolute atomic E-state index is 0.0250. The third-order valence-electron chi connectivity index (χ3n) is 5.09. The molecule has 0 radical (unpaired) electrons. The summed E-state index contributed by atoms with van der Waals surface area (Å²) in [5.41, 5.74) is 5.11. The van der Waals surface area contributed by atoms with Crippen LogP contribution in [-0.4, -0.2) is 21.7 Å². The van der Waals surface area contributed by atoms with Crippen molar-refractivity contribution in [2.75, 3.05) is 5.32 Å². The van der Waals surface area contributed by atoms with Crippen LogP contribution in [0.1, 0.15) is 46.9 Å². The minimum atomic E-state index is -0.401. The number of rotatable bonds is 7. The van der Waals surface area contributed by atoms with Crippen molar-refractivity contribution < 1.29 is 9.59 Å². The van der Waals surface area contributed by atoms with E-state index in [-0.39, 0.29) is 24.0 Å². The highest BCUT2D eigenvalue weighted by molar-refractivity contribution is 7.22. The maximum atomic E-state index is 13.1. The summed E-state index contributed by atoms with van der Waals surface area (Å²) in [6, 6.07) is 14.9. The van der Waals surface area contributed by atoms with Gasteiger partial charge in [-0.25, -0.2) is 9.97 Å². The smallest absolute Gasteiger partial charge is 0.233 e. The van der Waals surface area contributed by atoms with Crippen molar-refractivity contribution in [2.24, 2.45) is 5.92 Å². The first-order valence-corrected chi connectivity index (χ1v) is 11.8. The van der Waals surface area contributed by atoms with Gasteiger partial charge in [0.2, 0.25) is 5.91 Å². The Morgan fingerprint density at radius 1 is 1.19 bits per heavy atom. The third-order valence-corrected chi connectivity index (χ3v) is 6.61. The fourth-order valence-corrected chi connectivity index (χ4v) is 5.07. The van der Waals surface area contributed by atoms with Gasteiger partial charge >= 0.3 is 0 Å². The van der Waals surface area contributed by atoms with Crippen LogP contribution in [0.4, 0.5) is 5.13 Å². The molecule has 0 bridgehead atoms. The molecule has 4 aromatic rings. The van der Waals surface area contributed by atoms with E-state index in [0.717, 1.165) is 21.3 Å². The van der Waals surface area contributed by atoms with Crippen molar-refractivity contribution in [1.29, 1.82) is 5.26 Å². The molecule has 32 heavy (non-hydrogen) atoms. The Morgan fingerprint density at radius 2 is 2.03 bits per heavy atom. The van der Waals surface area contributed by atoms with Gasteiger partial charge in [-0.3, -0.25) is 9.59 Å². The maximum absolute atomic E-state index is 13.1. The monoisotopic (exact) mass is 460 g/mol. The summed E-state index contributed by atoms with van der Waals surface area (Å²) >= 11 is 2.77. The summed E-state index contributed by atoms with van der Waals surface area (Å²) in [6.45, 7) is 3.96. The van der Waals surface area contributed by atoms with Crippen LogP contribution in [-0.2, 0) is 11.2 Å². The number of carbonyl (C=O) groups excluding carboxylic acids is 2. The molecule has 0 saturated heterocycles. The molecule has 0 spiro atoms. The lowest BCUT2D eigenvalue weighted by Crippen LogP contribution is -2.25. The van der Waals surface area contributed by atoms with Gasteiger partial charge in [-0.15, -0.1) is 11.3 Å². The number of anilines is 1. The van der Waals surface area contributed by atoms with Crippen LogP contribution in [0.3, 0.4) is 0 Å². The normalized spacial score (nSPS) is 11.9. The Bertz CT molecular complexity index is 1320. The number of aromatic nitrogens is 2. The predicted octanol–water partition coefficient (Wildman–Crippen LogP) is 5.43. The van der Waals surface area contributed by atoms with Crippen LogP contribution in [0.5, 0.6) is 0 Å². The van der Waals surface area contributed by atoms with Gasteiger partial charge in [0.1, 0.15) is 5.69 Å². The number of Topliss-reactive ketones (excluding diaryl/α,β-unsaturated/α-hetero) is 1. The Morgan fingerprint density at radius 3 is 2.75 bits per heavy atom. The van der Waals surface area contributed by atoms with Crippen molar-refractivity contribution in [3.8, 4) is 6.07 Å². The molecule has 0 fully saturated rings. The first-order chi connectivity index (χ1) is 15.4. The fraction of sp³-hybridized carbons (Fsp3) is 0.208. The standard InChI is InChI=1S/C24H20N4O2S2/c1-14(2)22(17-5-3-4-16(8-17)11-25)23(30)28-24-27-18-7-6-15(10-21(18)32-24)9-20(29)19-12-31-13-26-19/h3-8,10,12-14,22H,9H2,1-2H3,(H,27,28,30). The number of nitrogens with zero attached hydrogens (tertiary/aromatic N) is 3. The van der Waals surface area contributed by atoms with Crippen molar-refractivity contribution in [1.82, 2.24) is 9.97 Å². The van der Waals surface area contributed by atoms with Crippen molar-refractivity contribution in [3.63, 3.8) is 0 Å². The van der Waals surface area contributed by atoms with Crippen LogP contribution in [0.25, 0.3) is 10.2 Å². The second-order valence-electron chi connectivity index (χ2n) is 7.74. The largest absolute Gasteiger partial charge is 0.301 e. The Kier molecular flexibility index (Phi) is 6.40. The van der Waals surface area contributed by atoms with Crippen LogP contribution >= 0.6 is 22.7 Å². The van der Waals surface area contributed by atoms with E-state index >= 15 is 0 Å². The number of hydrogen-bond donors (Lipinski definition) is 1. The summed E-state index contributed by atoms with van der Waals surface area (Å²) < 4.78 is 0.899. The van der Waals surface area contributed by atoms with Crippen LogP contribution in [0, 0.1) is 17.2 Å². The average molecular weight is 461 g/mol. The van der Waals surface area contributed by atoms with E-state index < -0.39 is 5.92 Å². The van der Waals surface area contributed by atoms with E-state index in [1.165, 1.54) is 22.7 Å². The van der Waals surface area contributed by atoms with E-state index in [1.807, 2.05) is 38.1 Å². The van der Waals surface area contributed by atoms with Crippen molar-refractivity contribution >= 4 is 49.7 Å². The second-order valence-corrected chi connectivity index (χ2v) is 9.49. The molecule has 6 nitrogen and oxygen atoms in total. The molecule has 8 heteroatoms. The second kappa shape index (κ2) is 9.39. The van der Waals surface area contributed by atoms with E-state index in [2.05, 4.69) is 21.4 Å². The lowest BCUT2D eigenvalue weighted by atomic mass is 9.87. The highest BCUT2D eigenvalue weighted by Crippen LogP contribution is 2.31. The summed E-state index contributed by atoms with van der Waals surface area (Å²) in [7, 11) is 0. The summed E-state index contributed by atoms with van der Waals surface area (Å²) in [5, 5.41) is 14.4. The number of amides is 1. The number of nitriles is 1. The van der Waals surface area contributed by atoms with Gasteiger partial charge in [0, 0.05) is 11.8 Å². The Labute approximate surface area is 193 Å². The first kappa shape index (κ1) is 21.8. The molecule has 160 valence electrons. The van der Waals surface area contributed by atoms with E-state index in [1.54, 1.807) is 29.1 Å². The molecule has 2 aromatic carbocycles. The maximum Gasteiger partial charge on any atom is 0.233 e. The minimum Gasteiger partial charge on any atom is -0.301 e. The third kappa shape index (κ3) is 4.74. The predicted molar refractivity (Wildman–Crippen MR) is 127 cm³/mol. The fourth-order valence-electron chi connectivity index (χ4n) is 3.58. The van der Waals surface area contributed by atoms with Gasteiger partial charge in [-0.1, -0.05) is 43.4 Å². The number of carbonyl (C=O) groups is 2. The van der Waals surface area contributed by atoms with Crippen molar-refractivity contribution in [3.05, 3.63) is 75.7 Å². The van der Waals surface area contributed by atoms with E-state index in [9.17, 15) is 14.9 Å². The van der Waals surface area contributed by atoms with Gasteiger partial charge in [-0.2, -0.15) is 5.26 Å². The molecule has 0 saturated carbocycles. The SMILES string of the molecule is CC(C)C(C(=O)Nc1nc2ccc(CC(=O)c3cscn3)cc2s1)c1cccc(C#N)c1. The first-order valence-electron chi connectivity index (χ1n) is 10.1. The van der Waals surface area contributed by atoms with E-state index in [4.69, 9.17) is 0 Å². The Balaban J connectivity index is 1.53. The molecule has 1 unspecified atom stereocenters. The number of hydrogen-bond acceptors (Lipinski definition) is 7. The molecule has 2 aromatic heterocycles. The lowest BCUT2D eigenvalue weighted by Gasteiger charge is -2.20. The van der Waals surface area contributed by atoms with Gasteiger partial charge in [0.25, 0.3) is 0 Å². The zero-order chi connectivity index (χ0) is 22.7. The molecule has 0 aliphatic carbocycles. The quantitative estimate of drug-likeness (QED) is 0.371. The summed E-state index contributed by atoms with van der Waals surface area (Å²) in [4.78, 5) is 34.0. The van der Waals surface area contributed by atoms with Gasteiger partial charge < -0.3 is 5.32 Å². The van der Waals surface area contributed by atoms with Gasteiger partial charge in [0.05, 0.1) is 33.3 Å². The molecule has 0 aliphatic rings. The van der Waals surface area contributed by atoms with Crippen LogP contribution < -0.4 is 5.32 Å². The van der Waals surface area contributed by atoms with E-state index in [0.29, 0.717) is 16.4 Å². The Hall–Kier alpha value is -3.41. The number of fused-ring (bicyclic) bond motifs is 1. The molecular formula is C24H20N4O2S2. The molecule has 1 N–H and O–H groups in total. The topological polar surface area (TPSA) is 95.7 Å². The van der Waals surface area contributed by atoms with Crippen LogP contribution in [0.15, 0.2) is 53.4 Å². The molecule has 1 atom stereocenters. The lowest BCUT2D eigenvalue weighted by molar-refractivity contribution is -0.118. The number of nitrogens with one attached hydrogen (secondary N) is 1. The zero-order valence-corrected chi connectivity index (χ0v) is 19.2.